The lowest BCUT2D eigenvalue weighted by Crippen LogP contribution is -2.24. The zero-order valence-corrected chi connectivity index (χ0v) is 10.6. The predicted octanol–water partition coefficient (Wildman–Crippen LogP) is 1.73. The van der Waals surface area contributed by atoms with E-state index in [0.29, 0.717) is 12.6 Å². The molecule has 0 radical (unpaired) electrons. The van der Waals surface area contributed by atoms with Gasteiger partial charge in [-0.1, -0.05) is 0 Å². The molecule has 0 heterocycles. The molecule has 0 spiro atoms. The molecule has 0 aliphatic rings. The first kappa shape index (κ1) is 16.7. The fraction of sp³-hybridized carbons (Fsp3) is 0.500. The summed E-state index contributed by atoms with van der Waals surface area (Å²) in [5.74, 6) is -1.81. The Labute approximate surface area is 113 Å². The molecule has 0 amide bonds. The minimum atomic E-state index is -4.92. The van der Waals surface area contributed by atoms with Crippen LogP contribution in [0.2, 0.25) is 0 Å². The summed E-state index contributed by atoms with van der Waals surface area (Å²) in [4.78, 5) is 0. The second-order valence-electron chi connectivity index (χ2n) is 4.14. The van der Waals surface area contributed by atoms with Gasteiger partial charge in [0.05, 0.1) is 6.10 Å². The second-order valence-corrected chi connectivity index (χ2v) is 4.14. The van der Waals surface area contributed by atoms with Crippen molar-refractivity contribution in [1.29, 1.82) is 0 Å². The van der Waals surface area contributed by atoms with E-state index in [1.54, 1.807) is 7.05 Å². The number of ether oxygens (including phenoxy) is 1. The summed E-state index contributed by atoms with van der Waals surface area (Å²) in [6.45, 7) is 0.398. The molecule has 2 unspecified atom stereocenters. The maximum absolute atomic E-state index is 13.6. The van der Waals surface area contributed by atoms with Gasteiger partial charge < -0.3 is 20.3 Å². The Bertz CT molecular complexity index is 439. The molecule has 20 heavy (non-hydrogen) atoms. The number of nitrogens with one attached hydrogen (secondary N) is 1. The maximum atomic E-state index is 13.6. The highest BCUT2D eigenvalue weighted by Crippen LogP contribution is 2.28. The summed E-state index contributed by atoms with van der Waals surface area (Å²) in [7, 11) is 1.64. The van der Waals surface area contributed by atoms with E-state index in [9.17, 15) is 27.8 Å². The molecule has 0 saturated heterocycles. The normalized spacial score (nSPS) is 14.9. The predicted molar refractivity (Wildman–Crippen MR) is 62.6 cm³/mol. The third kappa shape index (κ3) is 4.95. The molecule has 0 saturated carbocycles. The zero-order valence-electron chi connectivity index (χ0n) is 10.6. The molecule has 0 aliphatic heterocycles. The SMILES string of the molecule is CNCCC(O)C(O)c1ccc(OC(F)(F)F)cc1F. The first-order chi connectivity index (χ1) is 9.24. The molecular formula is C12H15F4NO3. The Morgan fingerprint density at radius 2 is 1.95 bits per heavy atom. The fourth-order valence-electron chi connectivity index (χ4n) is 1.60. The summed E-state index contributed by atoms with van der Waals surface area (Å²) in [6.07, 6.45) is -7.51. The topological polar surface area (TPSA) is 61.7 Å². The van der Waals surface area contributed by atoms with Crippen molar-refractivity contribution < 1.29 is 32.5 Å². The average Bonchev–Trinajstić information content (AvgIpc) is 2.33. The highest BCUT2D eigenvalue weighted by atomic mass is 19.4. The van der Waals surface area contributed by atoms with Gasteiger partial charge in [0.15, 0.2) is 0 Å². The number of rotatable bonds is 6. The van der Waals surface area contributed by atoms with E-state index in [2.05, 4.69) is 10.1 Å². The summed E-state index contributed by atoms with van der Waals surface area (Å²) >= 11 is 0. The summed E-state index contributed by atoms with van der Waals surface area (Å²) in [6, 6.07) is 2.33. The van der Waals surface area contributed by atoms with Crippen LogP contribution in [-0.2, 0) is 0 Å². The number of halogens is 4. The van der Waals surface area contributed by atoms with Gasteiger partial charge in [-0.15, -0.1) is 13.2 Å². The van der Waals surface area contributed by atoms with Crippen LogP contribution < -0.4 is 10.1 Å². The molecule has 4 nitrogen and oxygen atoms in total. The van der Waals surface area contributed by atoms with Gasteiger partial charge in [-0.3, -0.25) is 0 Å². The van der Waals surface area contributed by atoms with Crippen LogP contribution in [0.15, 0.2) is 18.2 Å². The quantitative estimate of drug-likeness (QED) is 0.700. The zero-order chi connectivity index (χ0) is 15.3. The summed E-state index contributed by atoms with van der Waals surface area (Å²) in [5.41, 5.74) is -0.289. The smallest absolute Gasteiger partial charge is 0.406 e. The maximum Gasteiger partial charge on any atom is 0.573 e. The van der Waals surface area contributed by atoms with Crippen LogP contribution in [0.25, 0.3) is 0 Å². The van der Waals surface area contributed by atoms with E-state index in [1.165, 1.54) is 0 Å². The van der Waals surface area contributed by atoms with Crippen LogP contribution >= 0.6 is 0 Å². The van der Waals surface area contributed by atoms with Crippen molar-refractivity contribution >= 4 is 0 Å². The molecule has 114 valence electrons. The lowest BCUT2D eigenvalue weighted by atomic mass is 10.0. The van der Waals surface area contributed by atoms with E-state index in [-0.39, 0.29) is 12.0 Å². The van der Waals surface area contributed by atoms with Crippen LogP contribution in [0.1, 0.15) is 18.1 Å². The molecule has 1 rings (SSSR count). The second kappa shape index (κ2) is 6.87. The Morgan fingerprint density at radius 3 is 2.45 bits per heavy atom. The molecular weight excluding hydrogens is 282 g/mol. The average molecular weight is 297 g/mol. The van der Waals surface area contributed by atoms with E-state index in [1.807, 2.05) is 0 Å². The van der Waals surface area contributed by atoms with Crippen LogP contribution in [-0.4, -0.2) is 36.3 Å². The number of aliphatic hydroxyl groups is 2. The highest BCUT2D eigenvalue weighted by molar-refractivity contribution is 5.30. The Balaban J connectivity index is 2.82. The first-order valence-electron chi connectivity index (χ1n) is 5.80. The third-order valence-electron chi connectivity index (χ3n) is 2.58. The number of alkyl halides is 3. The van der Waals surface area contributed by atoms with Crippen molar-refractivity contribution in [2.75, 3.05) is 13.6 Å². The molecule has 0 aliphatic carbocycles. The first-order valence-corrected chi connectivity index (χ1v) is 5.80. The number of benzene rings is 1. The van der Waals surface area contributed by atoms with Gasteiger partial charge in [0.1, 0.15) is 17.7 Å². The standard InChI is InChI=1S/C12H15F4NO3/c1-17-5-4-10(18)11(19)8-3-2-7(6-9(8)13)20-12(14,15)16/h2-3,6,10-11,17-19H,4-5H2,1H3. The molecule has 3 N–H and O–H groups in total. The van der Waals surface area contributed by atoms with E-state index in [0.717, 1.165) is 12.1 Å². The van der Waals surface area contributed by atoms with E-state index in [4.69, 9.17) is 0 Å². The van der Waals surface area contributed by atoms with E-state index >= 15 is 0 Å². The van der Waals surface area contributed by atoms with Crippen molar-refractivity contribution in [3.05, 3.63) is 29.6 Å². The molecule has 0 aromatic heterocycles. The van der Waals surface area contributed by atoms with Gasteiger partial charge in [-0.2, -0.15) is 0 Å². The van der Waals surface area contributed by atoms with Gasteiger partial charge in [-0.25, -0.2) is 4.39 Å². The third-order valence-corrected chi connectivity index (χ3v) is 2.58. The Morgan fingerprint density at radius 1 is 1.30 bits per heavy atom. The minimum absolute atomic E-state index is 0.165. The molecule has 1 aromatic rings. The van der Waals surface area contributed by atoms with Gasteiger partial charge in [0.25, 0.3) is 0 Å². The van der Waals surface area contributed by atoms with Crippen molar-refractivity contribution in [3.8, 4) is 5.75 Å². The lowest BCUT2D eigenvalue weighted by molar-refractivity contribution is -0.274. The summed E-state index contributed by atoms with van der Waals surface area (Å²) in [5, 5.41) is 22.1. The Kier molecular flexibility index (Phi) is 5.73. The van der Waals surface area contributed by atoms with Gasteiger partial charge in [0.2, 0.25) is 0 Å². The molecule has 2 atom stereocenters. The van der Waals surface area contributed by atoms with Gasteiger partial charge in [0, 0.05) is 11.6 Å². The van der Waals surface area contributed by atoms with Gasteiger partial charge in [-0.05, 0) is 32.1 Å². The monoisotopic (exact) mass is 297 g/mol. The van der Waals surface area contributed by atoms with Crippen LogP contribution in [0.3, 0.4) is 0 Å². The van der Waals surface area contributed by atoms with Crippen molar-refractivity contribution in [3.63, 3.8) is 0 Å². The highest BCUT2D eigenvalue weighted by Gasteiger charge is 2.31. The number of hydrogen-bond donors (Lipinski definition) is 3. The molecule has 0 bridgehead atoms. The van der Waals surface area contributed by atoms with Crippen molar-refractivity contribution in [1.82, 2.24) is 5.32 Å². The molecule has 1 aromatic carbocycles. The number of aliphatic hydroxyl groups excluding tert-OH is 2. The molecule has 0 fully saturated rings. The Hall–Kier alpha value is -1.38. The van der Waals surface area contributed by atoms with Crippen LogP contribution in [0.4, 0.5) is 17.6 Å². The largest absolute Gasteiger partial charge is 0.573 e. The van der Waals surface area contributed by atoms with Crippen LogP contribution in [0, 0.1) is 5.82 Å². The van der Waals surface area contributed by atoms with Crippen molar-refractivity contribution in [2.24, 2.45) is 0 Å². The minimum Gasteiger partial charge on any atom is -0.406 e. The fourth-order valence-corrected chi connectivity index (χ4v) is 1.60. The number of hydrogen-bond acceptors (Lipinski definition) is 4. The molecule has 8 heteroatoms. The summed E-state index contributed by atoms with van der Waals surface area (Å²) < 4.78 is 53.0. The van der Waals surface area contributed by atoms with Crippen LogP contribution in [0.5, 0.6) is 5.75 Å². The lowest BCUT2D eigenvalue weighted by Gasteiger charge is -2.19. The van der Waals surface area contributed by atoms with Crippen molar-refractivity contribution in [2.45, 2.75) is 25.0 Å². The van der Waals surface area contributed by atoms with Gasteiger partial charge >= 0.3 is 6.36 Å². The van der Waals surface area contributed by atoms with E-state index < -0.39 is 30.1 Å².